The van der Waals surface area contributed by atoms with Crippen LogP contribution < -0.4 is 5.32 Å². The quantitative estimate of drug-likeness (QED) is 0.809. The first kappa shape index (κ1) is 13.5. The number of benzene rings is 1. The van der Waals surface area contributed by atoms with Gasteiger partial charge < -0.3 is 15.2 Å². The molecular formula is C15H23NO2. The highest BCUT2D eigenvalue weighted by Gasteiger charge is 2.21. The molecule has 18 heavy (non-hydrogen) atoms. The number of ether oxygens (including phenoxy) is 1. The average Bonchev–Trinajstić information content (AvgIpc) is 2.93. The first-order valence-electron chi connectivity index (χ1n) is 6.82. The lowest BCUT2D eigenvalue weighted by molar-refractivity contribution is 0.102. The van der Waals surface area contributed by atoms with Crippen LogP contribution in [0.2, 0.25) is 0 Å². The summed E-state index contributed by atoms with van der Waals surface area (Å²) in [5, 5.41) is 13.0. The molecule has 1 aromatic carbocycles. The molecule has 0 bridgehead atoms. The van der Waals surface area contributed by atoms with Crippen LogP contribution in [0.15, 0.2) is 30.3 Å². The highest BCUT2D eigenvalue weighted by atomic mass is 16.5. The Bertz CT molecular complexity index is 336. The molecular weight excluding hydrogens is 226 g/mol. The van der Waals surface area contributed by atoms with E-state index in [1.807, 2.05) is 18.2 Å². The van der Waals surface area contributed by atoms with Gasteiger partial charge in [-0.15, -0.1) is 0 Å². The molecule has 0 spiro atoms. The average molecular weight is 249 g/mol. The fraction of sp³-hybridized carbons (Fsp3) is 0.600. The van der Waals surface area contributed by atoms with Crippen LogP contribution in [-0.2, 0) is 4.74 Å². The van der Waals surface area contributed by atoms with Gasteiger partial charge >= 0.3 is 0 Å². The highest BCUT2D eigenvalue weighted by Crippen LogP contribution is 2.19. The molecule has 100 valence electrons. The van der Waals surface area contributed by atoms with Gasteiger partial charge in [-0.05, 0) is 24.3 Å². The maximum Gasteiger partial charge on any atom is 0.0700 e. The van der Waals surface area contributed by atoms with Gasteiger partial charge in [0.2, 0.25) is 0 Å². The zero-order valence-electron chi connectivity index (χ0n) is 11.0. The Morgan fingerprint density at radius 2 is 2.17 bits per heavy atom. The summed E-state index contributed by atoms with van der Waals surface area (Å²) < 4.78 is 5.59. The SMILES string of the molecule is CC(c1ccccc1)C(CO)NCC1CCCO1. The zero-order valence-corrected chi connectivity index (χ0v) is 11.0. The number of rotatable bonds is 6. The second-order valence-corrected chi connectivity index (χ2v) is 5.03. The van der Waals surface area contributed by atoms with Crippen LogP contribution in [0, 0.1) is 0 Å². The second-order valence-electron chi connectivity index (χ2n) is 5.03. The van der Waals surface area contributed by atoms with Crippen molar-refractivity contribution in [1.82, 2.24) is 5.32 Å². The number of nitrogens with one attached hydrogen (secondary N) is 1. The summed E-state index contributed by atoms with van der Waals surface area (Å²) in [6.45, 7) is 4.02. The van der Waals surface area contributed by atoms with Crippen molar-refractivity contribution in [2.45, 2.75) is 37.8 Å². The number of aliphatic hydroxyl groups is 1. The molecule has 1 aliphatic heterocycles. The third-order valence-corrected chi connectivity index (χ3v) is 3.76. The van der Waals surface area contributed by atoms with Crippen molar-refractivity contribution in [3.63, 3.8) is 0 Å². The second kappa shape index (κ2) is 6.88. The Kier molecular flexibility index (Phi) is 5.17. The van der Waals surface area contributed by atoms with E-state index in [1.54, 1.807) is 0 Å². The number of hydrogen-bond acceptors (Lipinski definition) is 3. The van der Waals surface area contributed by atoms with Crippen LogP contribution in [-0.4, -0.2) is 37.0 Å². The Balaban J connectivity index is 1.87. The lowest BCUT2D eigenvalue weighted by Gasteiger charge is -2.25. The molecule has 3 atom stereocenters. The van der Waals surface area contributed by atoms with Gasteiger partial charge in [0.05, 0.1) is 12.7 Å². The standard InChI is InChI=1S/C15H23NO2/c1-12(13-6-3-2-4-7-13)15(11-17)16-10-14-8-5-9-18-14/h2-4,6-7,12,14-17H,5,8-11H2,1H3. The molecule has 0 amide bonds. The fourth-order valence-corrected chi connectivity index (χ4v) is 2.48. The number of hydrogen-bond donors (Lipinski definition) is 2. The maximum absolute atomic E-state index is 9.53. The molecule has 0 aromatic heterocycles. The lowest BCUT2D eigenvalue weighted by Crippen LogP contribution is -2.41. The minimum absolute atomic E-state index is 0.0941. The van der Waals surface area contributed by atoms with Crippen molar-refractivity contribution in [3.8, 4) is 0 Å². The zero-order chi connectivity index (χ0) is 12.8. The van der Waals surface area contributed by atoms with E-state index in [2.05, 4.69) is 24.4 Å². The van der Waals surface area contributed by atoms with Crippen molar-refractivity contribution < 1.29 is 9.84 Å². The third kappa shape index (κ3) is 3.55. The molecule has 0 radical (unpaired) electrons. The van der Waals surface area contributed by atoms with Crippen LogP contribution in [0.3, 0.4) is 0 Å². The summed E-state index contributed by atoms with van der Waals surface area (Å²) in [6.07, 6.45) is 2.61. The van der Waals surface area contributed by atoms with Gasteiger partial charge in [-0.25, -0.2) is 0 Å². The van der Waals surface area contributed by atoms with Gasteiger partial charge in [0.25, 0.3) is 0 Å². The molecule has 3 unspecified atom stereocenters. The number of aliphatic hydroxyl groups excluding tert-OH is 1. The van der Waals surface area contributed by atoms with Gasteiger partial charge in [-0.3, -0.25) is 0 Å². The molecule has 0 saturated carbocycles. The largest absolute Gasteiger partial charge is 0.395 e. The summed E-state index contributed by atoms with van der Waals surface area (Å²) in [6, 6.07) is 10.4. The Morgan fingerprint density at radius 1 is 1.39 bits per heavy atom. The predicted molar refractivity (Wildman–Crippen MR) is 72.7 cm³/mol. The van der Waals surface area contributed by atoms with Gasteiger partial charge in [-0.1, -0.05) is 37.3 Å². The van der Waals surface area contributed by atoms with E-state index < -0.39 is 0 Å². The normalized spacial score (nSPS) is 22.9. The minimum Gasteiger partial charge on any atom is -0.395 e. The summed E-state index contributed by atoms with van der Waals surface area (Å²) >= 11 is 0. The van der Waals surface area contributed by atoms with Crippen molar-refractivity contribution in [2.24, 2.45) is 0 Å². The van der Waals surface area contributed by atoms with Gasteiger partial charge in [0, 0.05) is 19.2 Å². The first-order valence-corrected chi connectivity index (χ1v) is 6.82. The molecule has 1 aromatic rings. The summed E-state index contributed by atoms with van der Waals surface area (Å²) in [5.74, 6) is 0.303. The van der Waals surface area contributed by atoms with E-state index in [-0.39, 0.29) is 12.6 Å². The Hall–Kier alpha value is -0.900. The van der Waals surface area contributed by atoms with E-state index in [1.165, 1.54) is 5.56 Å². The molecule has 3 heteroatoms. The minimum atomic E-state index is 0.0941. The van der Waals surface area contributed by atoms with E-state index in [0.717, 1.165) is 26.0 Å². The molecule has 1 saturated heterocycles. The highest BCUT2D eigenvalue weighted by molar-refractivity contribution is 5.20. The van der Waals surface area contributed by atoms with E-state index >= 15 is 0 Å². The monoisotopic (exact) mass is 249 g/mol. The third-order valence-electron chi connectivity index (χ3n) is 3.76. The Morgan fingerprint density at radius 3 is 2.78 bits per heavy atom. The topological polar surface area (TPSA) is 41.5 Å². The van der Waals surface area contributed by atoms with E-state index in [4.69, 9.17) is 4.74 Å². The molecule has 0 aliphatic carbocycles. The van der Waals surface area contributed by atoms with E-state index in [9.17, 15) is 5.11 Å². The van der Waals surface area contributed by atoms with Crippen LogP contribution in [0.4, 0.5) is 0 Å². The van der Waals surface area contributed by atoms with Crippen molar-refractivity contribution in [3.05, 3.63) is 35.9 Å². The lowest BCUT2D eigenvalue weighted by atomic mass is 9.93. The molecule has 3 nitrogen and oxygen atoms in total. The van der Waals surface area contributed by atoms with Crippen LogP contribution >= 0.6 is 0 Å². The fourth-order valence-electron chi connectivity index (χ4n) is 2.48. The Labute approximate surface area is 109 Å². The van der Waals surface area contributed by atoms with Gasteiger partial charge in [0.15, 0.2) is 0 Å². The smallest absolute Gasteiger partial charge is 0.0700 e. The van der Waals surface area contributed by atoms with Crippen LogP contribution in [0.25, 0.3) is 0 Å². The van der Waals surface area contributed by atoms with Gasteiger partial charge in [-0.2, -0.15) is 0 Å². The maximum atomic E-state index is 9.53. The molecule has 1 fully saturated rings. The summed E-state index contributed by atoms with van der Waals surface area (Å²) in [7, 11) is 0. The van der Waals surface area contributed by atoms with Crippen molar-refractivity contribution in [1.29, 1.82) is 0 Å². The molecule has 2 N–H and O–H groups in total. The summed E-state index contributed by atoms with van der Waals surface area (Å²) in [5.41, 5.74) is 1.26. The van der Waals surface area contributed by atoms with E-state index in [0.29, 0.717) is 12.0 Å². The van der Waals surface area contributed by atoms with Crippen LogP contribution in [0.1, 0.15) is 31.2 Å². The molecule has 1 heterocycles. The van der Waals surface area contributed by atoms with Crippen molar-refractivity contribution >= 4 is 0 Å². The van der Waals surface area contributed by atoms with Crippen molar-refractivity contribution in [2.75, 3.05) is 19.8 Å². The molecule has 2 rings (SSSR count). The van der Waals surface area contributed by atoms with Gasteiger partial charge in [0.1, 0.15) is 0 Å². The summed E-state index contributed by atoms with van der Waals surface area (Å²) in [4.78, 5) is 0. The predicted octanol–water partition coefficient (Wildman–Crippen LogP) is 1.92. The van der Waals surface area contributed by atoms with Crippen LogP contribution in [0.5, 0.6) is 0 Å². The molecule has 1 aliphatic rings. The first-order chi connectivity index (χ1) is 8.81.